The van der Waals surface area contributed by atoms with Crippen molar-refractivity contribution in [1.82, 2.24) is 20.5 Å². The molecule has 8 heteroatoms. The molecule has 3 aromatic rings. The van der Waals surface area contributed by atoms with E-state index >= 15 is 0 Å². The number of oxazole rings is 1. The number of hydrogen-bond acceptors (Lipinski definition) is 5. The van der Waals surface area contributed by atoms with Crippen LogP contribution in [0, 0.1) is 5.82 Å². The maximum Gasteiger partial charge on any atom is 0.314 e. The van der Waals surface area contributed by atoms with Gasteiger partial charge in [0.15, 0.2) is 0 Å². The molecule has 0 bridgehead atoms. The first-order chi connectivity index (χ1) is 14.7. The van der Waals surface area contributed by atoms with E-state index < -0.39 is 0 Å². The smallest absolute Gasteiger partial charge is 0.314 e. The zero-order valence-corrected chi connectivity index (χ0v) is 17.5. The van der Waals surface area contributed by atoms with Gasteiger partial charge < -0.3 is 15.1 Å². The van der Waals surface area contributed by atoms with Crippen LogP contribution in [-0.4, -0.2) is 42.1 Å². The lowest BCUT2D eigenvalue weighted by Gasteiger charge is -2.26. The standard InChI is InChI=1S/C22H25FN4O2S/c23-17-7-5-16(6-8-17)21-26-18(15-29-21)9-10-24-22(28)25-14-19(20-4-3-13-30-20)27-11-1-2-12-27/h3-8,13,15,19H,1-2,9-12,14H2,(H2,24,25,28). The predicted octanol–water partition coefficient (Wildman–Crippen LogP) is 4.22. The van der Waals surface area contributed by atoms with Crippen LogP contribution in [0.15, 0.2) is 52.5 Å². The highest BCUT2D eigenvalue weighted by Gasteiger charge is 2.24. The van der Waals surface area contributed by atoms with E-state index in [2.05, 4.69) is 38.0 Å². The molecular weight excluding hydrogens is 403 g/mol. The van der Waals surface area contributed by atoms with Crippen LogP contribution in [0.25, 0.3) is 11.5 Å². The molecule has 0 spiro atoms. The summed E-state index contributed by atoms with van der Waals surface area (Å²) in [7, 11) is 0. The number of thiophene rings is 1. The van der Waals surface area contributed by atoms with Crippen molar-refractivity contribution in [2.45, 2.75) is 25.3 Å². The van der Waals surface area contributed by atoms with E-state index in [0.29, 0.717) is 25.4 Å². The zero-order valence-electron chi connectivity index (χ0n) is 16.6. The van der Waals surface area contributed by atoms with Gasteiger partial charge in [0.2, 0.25) is 5.89 Å². The molecule has 1 fully saturated rings. The van der Waals surface area contributed by atoms with Crippen LogP contribution in [0.1, 0.15) is 29.5 Å². The summed E-state index contributed by atoms with van der Waals surface area (Å²) in [4.78, 5) is 20.4. The van der Waals surface area contributed by atoms with Crippen LogP contribution in [-0.2, 0) is 6.42 Å². The van der Waals surface area contributed by atoms with Crippen LogP contribution in [0.4, 0.5) is 9.18 Å². The molecule has 2 aromatic heterocycles. The number of carbonyl (C=O) groups is 1. The maximum absolute atomic E-state index is 13.0. The Morgan fingerprint density at radius 3 is 2.73 bits per heavy atom. The molecule has 1 aromatic carbocycles. The van der Waals surface area contributed by atoms with Crippen molar-refractivity contribution in [3.8, 4) is 11.5 Å². The number of rotatable bonds is 8. The molecule has 1 aliphatic heterocycles. The van der Waals surface area contributed by atoms with Crippen LogP contribution in [0.3, 0.4) is 0 Å². The van der Waals surface area contributed by atoms with Crippen molar-refractivity contribution in [3.05, 3.63) is 64.4 Å². The largest absolute Gasteiger partial charge is 0.444 e. The van der Waals surface area contributed by atoms with E-state index in [1.54, 1.807) is 29.7 Å². The summed E-state index contributed by atoms with van der Waals surface area (Å²) in [6.45, 7) is 3.20. The Morgan fingerprint density at radius 1 is 1.20 bits per heavy atom. The van der Waals surface area contributed by atoms with E-state index in [1.807, 2.05) is 0 Å². The van der Waals surface area contributed by atoms with Crippen molar-refractivity contribution >= 4 is 17.4 Å². The minimum atomic E-state index is -0.299. The topological polar surface area (TPSA) is 70.4 Å². The summed E-state index contributed by atoms with van der Waals surface area (Å²) in [5.74, 6) is 0.144. The van der Waals surface area contributed by atoms with Crippen LogP contribution >= 0.6 is 11.3 Å². The number of nitrogens with one attached hydrogen (secondary N) is 2. The molecule has 1 saturated heterocycles. The number of nitrogens with zero attached hydrogens (tertiary/aromatic N) is 2. The molecule has 1 unspecified atom stereocenters. The summed E-state index contributed by atoms with van der Waals surface area (Å²) >= 11 is 1.73. The third kappa shape index (κ3) is 5.25. The second-order valence-electron chi connectivity index (χ2n) is 7.31. The number of aromatic nitrogens is 1. The number of urea groups is 1. The Labute approximate surface area is 179 Å². The number of benzene rings is 1. The zero-order chi connectivity index (χ0) is 20.8. The SMILES string of the molecule is O=C(NCCc1coc(-c2ccc(F)cc2)n1)NCC(c1cccs1)N1CCCC1. The van der Waals surface area contributed by atoms with Gasteiger partial charge in [0.25, 0.3) is 0 Å². The number of amides is 2. The van der Waals surface area contributed by atoms with Gasteiger partial charge in [-0.2, -0.15) is 0 Å². The quantitative estimate of drug-likeness (QED) is 0.564. The molecule has 158 valence electrons. The monoisotopic (exact) mass is 428 g/mol. The van der Waals surface area contributed by atoms with Crippen molar-refractivity contribution in [3.63, 3.8) is 0 Å². The normalized spacial score (nSPS) is 15.2. The molecule has 0 aliphatic carbocycles. The molecule has 0 radical (unpaired) electrons. The first-order valence-corrected chi connectivity index (χ1v) is 11.1. The minimum Gasteiger partial charge on any atom is -0.444 e. The summed E-state index contributed by atoms with van der Waals surface area (Å²) < 4.78 is 18.5. The predicted molar refractivity (Wildman–Crippen MR) is 115 cm³/mol. The van der Waals surface area contributed by atoms with Gasteiger partial charge in [-0.15, -0.1) is 11.3 Å². The Morgan fingerprint density at radius 2 is 2.00 bits per heavy atom. The highest BCUT2D eigenvalue weighted by molar-refractivity contribution is 7.10. The molecule has 6 nitrogen and oxygen atoms in total. The number of likely N-dealkylation sites (tertiary alicyclic amines) is 1. The van der Waals surface area contributed by atoms with Gasteiger partial charge in [0, 0.05) is 30.0 Å². The lowest BCUT2D eigenvalue weighted by molar-refractivity contribution is 0.222. The number of halogens is 1. The highest BCUT2D eigenvalue weighted by atomic mass is 32.1. The Bertz CT molecular complexity index is 936. The Balaban J connectivity index is 1.23. The number of carbonyl (C=O) groups excluding carboxylic acids is 1. The van der Waals surface area contributed by atoms with Gasteiger partial charge in [-0.05, 0) is 61.6 Å². The van der Waals surface area contributed by atoms with E-state index in [-0.39, 0.29) is 17.9 Å². The molecule has 2 amide bonds. The second kappa shape index (κ2) is 9.86. The van der Waals surface area contributed by atoms with Crippen LogP contribution in [0.5, 0.6) is 0 Å². The fourth-order valence-corrected chi connectivity index (χ4v) is 4.51. The average molecular weight is 429 g/mol. The molecule has 4 rings (SSSR count). The average Bonchev–Trinajstić information content (AvgIpc) is 3.52. The van der Waals surface area contributed by atoms with E-state index in [4.69, 9.17) is 4.42 Å². The van der Waals surface area contributed by atoms with E-state index in [0.717, 1.165) is 24.3 Å². The fraction of sp³-hybridized carbons (Fsp3) is 0.364. The summed E-state index contributed by atoms with van der Waals surface area (Å²) in [6.07, 6.45) is 4.55. The number of hydrogen-bond donors (Lipinski definition) is 2. The third-order valence-electron chi connectivity index (χ3n) is 5.22. The van der Waals surface area contributed by atoms with Crippen molar-refractivity contribution in [1.29, 1.82) is 0 Å². The second-order valence-corrected chi connectivity index (χ2v) is 8.29. The lowest BCUT2D eigenvalue weighted by atomic mass is 10.2. The summed E-state index contributed by atoms with van der Waals surface area (Å²) in [6, 6.07) is 10.2. The van der Waals surface area contributed by atoms with Gasteiger partial charge in [-0.3, -0.25) is 4.90 Å². The first kappa shape index (κ1) is 20.6. The molecular formula is C22H25FN4O2S. The van der Waals surface area contributed by atoms with Crippen LogP contribution < -0.4 is 10.6 Å². The minimum absolute atomic E-state index is 0.182. The van der Waals surface area contributed by atoms with Gasteiger partial charge in [-0.25, -0.2) is 14.2 Å². The Hall–Kier alpha value is -2.71. The lowest BCUT2D eigenvalue weighted by Crippen LogP contribution is -2.42. The molecule has 0 saturated carbocycles. The molecule has 2 N–H and O–H groups in total. The maximum atomic E-state index is 13.0. The van der Waals surface area contributed by atoms with Gasteiger partial charge in [0.05, 0.1) is 11.7 Å². The first-order valence-electron chi connectivity index (χ1n) is 10.2. The summed E-state index contributed by atoms with van der Waals surface area (Å²) in [5, 5.41) is 7.97. The Kier molecular flexibility index (Phi) is 6.76. The molecule has 30 heavy (non-hydrogen) atoms. The van der Waals surface area contributed by atoms with E-state index in [9.17, 15) is 9.18 Å². The van der Waals surface area contributed by atoms with E-state index in [1.165, 1.54) is 29.9 Å². The molecule has 3 heterocycles. The van der Waals surface area contributed by atoms with Crippen molar-refractivity contribution in [2.75, 3.05) is 26.2 Å². The summed E-state index contributed by atoms with van der Waals surface area (Å²) in [5.41, 5.74) is 1.46. The van der Waals surface area contributed by atoms with Gasteiger partial charge >= 0.3 is 6.03 Å². The van der Waals surface area contributed by atoms with Gasteiger partial charge in [0.1, 0.15) is 12.1 Å². The van der Waals surface area contributed by atoms with Gasteiger partial charge in [-0.1, -0.05) is 6.07 Å². The molecule has 1 aliphatic rings. The highest BCUT2D eigenvalue weighted by Crippen LogP contribution is 2.27. The van der Waals surface area contributed by atoms with Crippen molar-refractivity contribution in [2.24, 2.45) is 0 Å². The fourth-order valence-electron chi connectivity index (χ4n) is 3.65. The molecule has 1 atom stereocenters. The third-order valence-corrected chi connectivity index (χ3v) is 6.19. The van der Waals surface area contributed by atoms with Crippen LogP contribution in [0.2, 0.25) is 0 Å². The van der Waals surface area contributed by atoms with Crippen molar-refractivity contribution < 1.29 is 13.6 Å².